The molecule has 5 rings (SSSR count). The molecule has 0 unspecified atom stereocenters. The molecule has 1 atom stereocenters. The molecule has 1 N–H and O–H groups in total. The van der Waals surface area contributed by atoms with Crippen LogP contribution < -0.4 is 5.32 Å². The first kappa shape index (κ1) is 24.2. The summed E-state index contributed by atoms with van der Waals surface area (Å²) in [6, 6.07) is 21.0. The fourth-order valence-electron chi connectivity index (χ4n) is 4.78. The molecule has 188 valence electrons. The predicted octanol–water partition coefficient (Wildman–Crippen LogP) is 4.69. The molecule has 8 heteroatoms. The number of hydrogen-bond acceptors (Lipinski definition) is 6. The van der Waals surface area contributed by atoms with Crippen LogP contribution in [0.3, 0.4) is 0 Å². The van der Waals surface area contributed by atoms with Crippen molar-refractivity contribution in [3.05, 3.63) is 95.1 Å². The van der Waals surface area contributed by atoms with Crippen molar-refractivity contribution in [2.24, 2.45) is 5.41 Å². The van der Waals surface area contributed by atoms with E-state index >= 15 is 0 Å². The zero-order valence-corrected chi connectivity index (χ0v) is 20.7. The van der Waals surface area contributed by atoms with Crippen LogP contribution >= 0.6 is 0 Å². The summed E-state index contributed by atoms with van der Waals surface area (Å²) in [7, 11) is 0. The number of carbonyl (C=O) groups excluding carboxylic acids is 4. The fourth-order valence-corrected chi connectivity index (χ4v) is 4.78. The van der Waals surface area contributed by atoms with Gasteiger partial charge in [0.25, 0.3) is 11.8 Å². The summed E-state index contributed by atoms with van der Waals surface area (Å²) in [5.74, 6) is -2.56. The molecule has 0 fully saturated rings. The third-order valence-corrected chi connectivity index (χ3v) is 6.65. The van der Waals surface area contributed by atoms with Crippen molar-refractivity contribution in [1.29, 1.82) is 0 Å². The normalized spacial score (nSPS) is 15.1. The predicted molar refractivity (Wildman–Crippen MR) is 134 cm³/mol. The van der Waals surface area contributed by atoms with Crippen LogP contribution in [0.5, 0.6) is 0 Å². The monoisotopic (exact) mass is 498 g/mol. The molecule has 3 aromatic rings. The lowest BCUT2D eigenvalue weighted by molar-refractivity contribution is -0.173. The highest BCUT2D eigenvalue weighted by Gasteiger charge is 2.42. The van der Waals surface area contributed by atoms with Crippen LogP contribution in [0.1, 0.15) is 58.5 Å². The lowest BCUT2D eigenvalue weighted by Crippen LogP contribution is -2.52. The Labute approximate surface area is 214 Å². The van der Waals surface area contributed by atoms with Crippen LogP contribution in [0.2, 0.25) is 0 Å². The number of nitrogens with zero attached hydrogens (tertiary/aromatic N) is 1. The Morgan fingerprint density at radius 1 is 0.811 bits per heavy atom. The van der Waals surface area contributed by atoms with Crippen LogP contribution in [-0.2, 0) is 14.4 Å². The van der Waals surface area contributed by atoms with Crippen molar-refractivity contribution in [3.8, 4) is 11.1 Å². The van der Waals surface area contributed by atoms with Gasteiger partial charge in [0, 0.05) is 5.92 Å². The molecule has 1 aliphatic heterocycles. The minimum Gasteiger partial charge on any atom is -0.449 e. The maximum atomic E-state index is 13.1. The largest absolute Gasteiger partial charge is 0.449 e. The van der Waals surface area contributed by atoms with Gasteiger partial charge in [-0.3, -0.25) is 9.59 Å². The molecule has 0 spiro atoms. The van der Waals surface area contributed by atoms with Crippen molar-refractivity contribution in [2.45, 2.75) is 32.7 Å². The minimum atomic E-state index is -1.19. The van der Waals surface area contributed by atoms with Gasteiger partial charge in [-0.05, 0) is 39.8 Å². The highest BCUT2D eigenvalue weighted by atomic mass is 16.7. The van der Waals surface area contributed by atoms with E-state index < -0.39 is 35.3 Å². The molecule has 1 aliphatic carbocycles. The SMILES string of the molecule is CC(C)(C)[C@@H](NC(=O)OCC1c2ccccc2-c2ccccc21)C(=O)ON1C(=O)c2ccccc2C1=O. The smallest absolute Gasteiger partial charge is 0.407 e. The van der Waals surface area contributed by atoms with E-state index in [1.165, 1.54) is 12.1 Å². The van der Waals surface area contributed by atoms with Crippen LogP contribution in [-0.4, -0.2) is 41.6 Å². The maximum Gasteiger partial charge on any atom is 0.407 e. The zero-order chi connectivity index (χ0) is 26.3. The number of hydroxylamine groups is 2. The molecule has 0 bridgehead atoms. The molecule has 1 heterocycles. The van der Waals surface area contributed by atoms with Gasteiger partial charge < -0.3 is 14.9 Å². The van der Waals surface area contributed by atoms with Gasteiger partial charge in [0.1, 0.15) is 12.6 Å². The summed E-state index contributed by atoms with van der Waals surface area (Å²) in [6.45, 7) is 5.26. The standard InChI is InChI=1S/C29H26N2O6/c1-29(2,3)24(27(34)37-31-25(32)21-14-8-9-15-22(21)26(31)33)30-28(35)36-16-23-19-12-6-4-10-17(19)18-11-5-7-13-20(18)23/h4-15,23-24H,16H2,1-3H3,(H,30,35)/t24-/m0/s1. The van der Waals surface area contributed by atoms with E-state index in [4.69, 9.17) is 9.57 Å². The number of rotatable bonds is 5. The molecule has 2 aliphatic rings. The second kappa shape index (κ2) is 9.20. The first-order valence-electron chi connectivity index (χ1n) is 12.0. The summed E-state index contributed by atoms with van der Waals surface area (Å²) in [4.78, 5) is 56.3. The van der Waals surface area contributed by atoms with E-state index in [9.17, 15) is 19.2 Å². The third kappa shape index (κ3) is 4.35. The van der Waals surface area contributed by atoms with E-state index in [1.807, 2.05) is 48.5 Å². The van der Waals surface area contributed by atoms with E-state index in [0.29, 0.717) is 5.06 Å². The highest BCUT2D eigenvalue weighted by molar-refractivity contribution is 6.21. The van der Waals surface area contributed by atoms with E-state index in [-0.39, 0.29) is 23.7 Å². The lowest BCUT2D eigenvalue weighted by Gasteiger charge is -2.30. The number of amides is 3. The Morgan fingerprint density at radius 3 is 1.76 bits per heavy atom. The number of benzene rings is 3. The molecule has 3 aromatic carbocycles. The summed E-state index contributed by atoms with van der Waals surface area (Å²) < 4.78 is 5.57. The summed E-state index contributed by atoms with van der Waals surface area (Å²) >= 11 is 0. The topological polar surface area (TPSA) is 102 Å². The molecule has 0 saturated carbocycles. The Hall–Kier alpha value is -4.46. The summed E-state index contributed by atoms with van der Waals surface area (Å²) in [6.07, 6.45) is -0.805. The molecule has 3 amide bonds. The van der Waals surface area contributed by atoms with E-state index in [1.54, 1.807) is 32.9 Å². The average molecular weight is 499 g/mol. The third-order valence-electron chi connectivity index (χ3n) is 6.65. The van der Waals surface area contributed by atoms with Crippen LogP contribution in [0.15, 0.2) is 72.8 Å². The second-order valence-corrected chi connectivity index (χ2v) is 10.1. The van der Waals surface area contributed by atoms with Crippen LogP contribution in [0, 0.1) is 5.41 Å². The van der Waals surface area contributed by atoms with E-state index in [2.05, 4.69) is 5.32 Å². The van der Waals surface area contributed by atoms with Crippen LogP contribution in [0.25, 0.3) is 11.1 Å². The Balaban J connectivity index is 1.27. The first-order chi connectivity index (χ1) is 17.7. The number of hydrogen-bond donors (Lipinski definition) is 1. The molecule has 0 aromatic heterocycles. The summed E-state index contributed by atoms with van der Waals surface area (Å²) in [5, 5.41) is 3.00. The number of fused-ring (bicyclic) bond motifs is 4. The number of carbonyl (C=O) groups is 4. The van der Waals surface area contributed by atoms with Crippen molar-refractivity contribution in [2.75, 3.05) is 6.61 Å². The Bertz CT molecular complexity index is 1340. The average Bonchev–Trinajstić information content (AvgIpc) is 3.33. The molecule has 37 heavy (non-hydrogen) atoms. The van der Waals surface area contributed by atoms with E-state index in [0.717, 1.165) is 22.3 Å². The zero-order valence-electron chi connectivity index (χ0n) is 20.7. The molecule has 0 saturated heterocycles. The van der Waals surface area contributed by atoms with Gasteiger partial charge >= 0.3 is 12.1 Å². The second-order valence-electron chi connectivity index (χ2n) is 10.1. The van der Waals surface area contributed by atoms with Crippen molar-refractivity contribution >= 4 is 23.9 Å². The number of alkyl carbamates (subject to hydrolysis) is 1. The molecule has 0 radical (unpaired) electrons. The lowest BCUT2D eigenvalue weighted by atomic mass is 9.87. The van der Waals surface area contributed by atoms with Gasteiger partial charge in [0.05, 0.1) is 11.1 Å². The van der Waals surface area contributed by atoms with Gasteiger partial charge in [0.15, 0.2) is 0 Å². The van der Waals surface area contributed by atoms with Crippen molar-refractivity contribution in [3.63, 3.8) is 0 Å². The number of imide groups is 1. The van der Waals surface area contributed by atoms with Gasteiger partial charge in [0.2, 0.25) is 0 Å². The Kier molecular flexibility index (Phi) is 6.03. The van der Waals surface area contributed by atoms with Crippen molar-refractivity contribution < 1.29 is 28.8 Å². The van der Waals surface area contributed by atoms with Crippen LogP contribution in [0.4, 0.5) is 4.79 Å². The van der Waals surface area contributed by atoms with Gasteiger partial charge in [-0.15, -0.1) is 0 Å². The Morgan fingerprint density at radius 2 is 1.27 bits per heavy atom. The van der Waals surface area contributed by atoms with Crippen molar-refractivity contribution in [1.82, 2.24) is 10.4 Å². The summed E-state index contributed by atoms with van der Waals surface area (Å²) in [5.41, 5.74) is 3.83. The fraction of sp³-hybridized carbons (Fsp3) is 0.241. The van der Waals surface area contributed by atoms with Gasteiger partial charge in [-0.25, -0.2) is 9.59 Å². The first-order valence-corrected chi connectivity index (χ1v) is 12.0. The molecule has 8 nitrogen and oxygen atoms in total. The highest BCUT2D eigenvalue weighted by Crippen LogP contribution is 2.44. The molecular formula is C29H26N2O6. The molecular weight excluding hydrogens is 472 g/mol. The number of nitrogens with one attached hydrogen (secondary N) is 1. The number of ether oxygens (including phenoxy) is 1. The quantitative estimate of drug-likeness (QED) is 0.512. The van der Waals surface area contributed by atoms with Gasteiger partial charge in [-0.1, -0.05) is 86.5 Å². The maximum absolute atomic E-state index is 13.1. The minimum absolute atomic E-state index is 0.0736. The van der Waals surface area contributed by atoms with Gasteiger partial charge in [-0.2, -0.15) is 0 Å².